The summed E-state index contributed by atoms with van der Waals surface area (Å²) in [5.41, 5.74) is 20.6. The van der Waals surface area contributed by atoms with Crippen LogP contribution in [0.1, 0.15) is 55.1 Å². The van der Waals surface area contributed by atoms with E-state index in [0.29, 0.717) is 24.0 Å². The smallest absolute Gasteiger partial charge is 0.268 e. The molecule has 1 spiro atoms. The molecule has 1 saturated heterocycles. The molecule has 1 unspecified atom stereocenters. The fourth-order valence-corrected chi connectivity index (χ4v) is 5.09. The fourth-order valence-electron chi connectivity index (χ4n) is 4.88. The summed E-state index contributed by atoms with van der Waals surface area (Å²) < 4.78 is 0. The number of nitrogens with zero attached hydrogens (tertiary/aromatic N) is 3. The summed E-state index contributed by atoms with van der Waals surface area (Å²) in [5.74, 6) is 0.512. The number of anilines is 2. The Balaban J connectivity index is 1.75. The Morgan fingerprint density at radius 2 is 2.14 bits per heavy atom. The van der Waals surface area contributed by atoms with E-state index in [0.717, 1.165) is 42.1 Å². The fraction of sp³-hybridized carbons (Fsp3) is 0.550. The second kappa shape index (κ2) is 7.04. The number of hydrogen-bond acceptors (Lipinski definition) is 6. The van der Waals surface area contributed by atoms with Gasteiger partial charge >= 0.3 is 0 Å². The molecule has 0 bridgehead atoms. The van der Waals surface area contributed by atoms with Gasteiger partial charge in [0.25, 0.3) is 5.91 Å². The van der Waals surface area contributed by atoms with Crippen molar-refractivity contribution in [1.29, 1.82) is 0 Å². The van der Waals surface area contributed by atoms with Crippen molar-refractivity contribution in [3.05, 3.63) is 27.9 Å². The summed E-state index contributed by atoms with van der Waals surface area (Å²) in [6, 6.07) is 0. The Morgan fingerprint density at radius 1 is 1.39 bits per heavy atom. The molecule has 3 aliphatic rings. The molecule has 7 nitrogen and oxygen atoms in total. The number of carbonyl (C=O) groups is 1. The molecule has 2 aliphatic carbocycles. The normalized spacial score (nSPS) is 23.8. The van der Waals surface area contributed by atoms with E-state index in [1.165, 1.54) is 19.3 Å². The number of hydrogen-bond donors (Lipinski definition) is 3. The first-order chi connectivity index (χ1) is 13.4. The Morgan fingerprint density at radius 3 is 2.71 bits per heavy atom. The van der Waals surface area contributed by atoms with Crippen LogP contribution in [-0.4, -0.2) is 35.5 Å². The van der Waals surface area contributed by atoms with Crippen molar-refractivity contribution in [3.63, 3.8) is 0 Å². The molecule has 1 atom stereocenters. The molecule has 6 N–H and O–H groups in total. The van der Waals surface area contributed by atoms with E-state index in [4.69, 9.17) is 28.8 Å². The molecule has 1 aliphatic heterocycles. The number of halogens is 1. The molecule has 1 aromatic heterocycles. The van der Waals surface area contributed by atoms with E-state index >= 15 is 0 Å². The van der Waals surface area contributed by atoms with Crippen molar-refractivity contribution in [2.75, 3.05) is 30.3 Å². The van der Waals surface area contributed by atoms with Gasteiger partial charge in [-0.05, 0) is 61.6 Å². The number of rotatable bonds is 4. The number of amides is 1. The monoisotopic (exact) mass is 402 g/mol. The largest absolute Gasteiger partial charge is 0.383 e. The van der Waals surface area contributed by atoms with Crippen molar-refractivity contribution in [2.24, 2.45) is 22.8 Å². The SMILES string of the molecule is CC1=C(Cl)CCC=C1c1c(N)nc(N2CC(CN)C3(CCC3)C2)nc1C(N)=O. The van der Waals surface area contributed by atoms with Gasteiger partial charge in [-0.25, -0.2) is 4.98 Å². The molecule has 1 aromatic rings. The van der Waals surface area contributed by atoms with E-state index in [2.05, 4.69) is 14.9 Å². The van der Waals surface area contributed by atoms with E-state index in [-0.39, 0.29) is 16.9 Å². The molecule has 150 valence electrons. The quantitative estimate of drug-likeness (QED) is 0.710. The van der Waals surface area contributed by atoms with Crippen LogP contribution in [0.2, 0.25) is 0 Å². The Hall–Kier alpha value is -2.12. The highest BCUT2D eigenvalue weighted by atomic mass is 35.5. The minimum absolute atomic E-state index is 0.151. The van der Waals surface area contributed by atoms with Crippen LogP contribution in [0, 0.1) is 11.3 Å². The number of primary amides is 1. The molecule has 0 aromatic carbocycles. The summed E-state index contributed by atoms with van der Waals surface area (Å²) in [6.45, 7) is 4.18. The minimum Gasteiger partial charge on any atom is -0.383 e. The van der Waals surface area contributed by atoms with E-state index in [9.17, 15) is 4.79 Å². The predicted octanol–water partition coefficient (Wildman–Crippen LogP) is 2.41. The summed E-state index contributed by atoms with van der Waals surface area (Å²) in [5, 5.41) is 0.758. The van der Waals surface area contributed by atoms with Gasteiger partial charge in [0, 0.05) is 18.1 Å². The third kappa shape index (κ3) is 2.97. The summed E-state index contributed by atoms with van der Waals surface area (Å²) in [7, 11) is 0. The average Bonchev–Trinajstić information content (AvgIpc) is 3.04. The highest BCUT2D eigenvalue weighted by Gasteiger charge is 2.50. The van der Waals surface area contributed by atoms with Gasteiger partial charge in [-0.1, -0.05) is 24.1 Å². The van der Waals surface area contributed by atoms with Crippen molar-refractivity contribution in [3.8, 4) is 0 Å². The van der Waals surface area contributed by atoms with Gasteiger partial charge in [-0.2, -0.15) is 4.98 Å². The zero-order valence-corrected chi connectivity index (χ0v) is 16.9. The highest BCUT2D eigenvalue weighted by Crippen LogP contribution is 2.52. The number of nitrogens with two attached hydrogens (primary N) is 3. The Labute approximate surface area is 170 Å². The maximum Gasteiger partial charge on any atom is 0.268 e. The molecule has 1 amide bonds. The second-order valence-corrected chi connectivity index (χ2v) is 8.67. The zero-order chi connectivity index (χ0) is 20.1. The lowest BCUT2D eigenvalue weighted by atomic mass is 9.63. The average molecular weight is 403 g/mol. The second-order valence-electron chi connectivity index (χ2n) is 8.21. The molecule has 0 radical (unpaired) electrons. The van der Waals surface area contributed by atoms with Crippen LogP contribution in [0.15, 0.2) is 16.7 Å². The van der Waals surface area contributed by atoms with Crippen LogP contribution >= 0.6 is 11.6 Å². The van der Waals surface area contributed by atoms with Crippen LogP contribution in [0.4, 0.5) is 11.8 Å². The van der Waals surface area contributed by atoms with Gasteiger partial charge in [-0.15, -0.1) is 0 Å². The standard InChI is InChI=1S/C20H27ClN6O/c1-11-13(4-2-5-14(11)21)15-16(18(24)28)25-19(26-17(15)23)27-9-12(8-22)20(10-27)6-3-7-20/h4,12H,2-3,5-10,22H2,1H3,(H2,24,28)(H2,23,25,26). The van der Waals surface area contributed by atoms with E-state index in [1.54, 1.807) is 0 Å². The van der Waals surface area contributed by atoms with E-state index < -0.39 is 5.91 Å². The maximum atomic E-state index is 12.2. The first kappa shape index (κ1) is 19.2. The molecule has 8 heteroatoms. The third-order valence-corrected chi connectivity index (χ3v) is 7.15. The van der Waals surface area contributed by atoms with Crippen molar-refractivity contribution < 1.29 is 4.79 Å². The molecular weight excluding hydrogens is 376 g/mol. The van der Waals surface area contributed by atoms with Crippen molar-refractivity contribution >= 4 is 34.8 Å². The number of aromatic nitrogens is 2. The lowest BCUT2D eigenvalue weighted by Gasteiger charge is -2.42. The van der Waals surface area contributed by atoms with Gasteiger partial charge in [0.1, 0.15) is 11.5 Å². The minimum atomic E-state index is -0.617. The molecule has 4 rings (SSSR count). The number of nitrogen functional groups attached to an aromatic ring is 1. The zero-order valence-electron chi connectivity index (χ0n) is 16.2. The number of allylic oxidation sites excluding steroid dienone is 4. The molecular formula is C20H27ClN6O. The van der Waals surface area contributed by atoms with Crippen molar-refractivity contribution in [2.45, 2.75) is 39.0 Å². The van der Waals surface area contributed by atoms with Crippen LogP contribution in [0.3, 0.4) is 0 Å². The third-order valence-electron chi connectivity index (χ3n) is 6.68. The number of carbonyl (C=O) groups excluding carboxylic acids is 1. The predicted molar refractivity (Wildman–Crippen MR) is 112 cm³/mol. The van der Waals surface area contributed by atoms with Crippen LogP contribution in [-0.2, 0) is 0 Å². The van der Waals surface area contributed by atoms with Crippen LogP contribution in [0.25, 0.3) is 5.57 Å². The Bertz CT molecular complexity index is 889. The van der Waals surface area contributed by atoms with Gasteiger partial charge < -0.3 is 22.1 Å². The molecule has 2 heterocycles. The summed E-state index contributed by atoms with van der Waals surface area (Å²) in [6.07, 6.45) is 7.16. The molecule has 2 fully saturated rings. The van der Waals surface area contributed by atoms with Crippen molar-refractivity contribution in [1.82, 2.24) is 9.97 Å². The van der Waals surface area contributed by atoms with Gasteiger partial charge in [0.15, 0.2) is 0 Å². The molecule has 28 heavy (non-hydrogen) atoms. The lowest BCUT2D eigenvalue weighted by molar-refractivity contribution is 0.0995. The lowest BCUT2D eigenvalue weighted by Crippen LogP contribution is -2.40. The first-order valence-corrected chi connectivity index (χ1v) is 10.2. The maximum absolute atomic E-state index is 12.2. The van der Waals surface area contributed by atoms with Crippen LogP contribution in [0.5, 0.6) is 0 Å². The van der Waals surface area contributed by atoms with Gasteiger partial charge in [0.05, 0.1) is 5.56 Å². The summed E-state index contributed by atoms with van der Waals surface area (Å²) >= 11 is 6.34. The highest BCUT2D eigenvalue weighted by molar-refractivity contribution is 6.31. The van der Waals surface area contributed by atoms with Crippen LogP contribution < -0.4 is 22.1 Å². The first-order valence-electron chi connectivity index (χ1n) is 9.85. The Kier molecular flexibility index (Phi) is 4.83. The van der Waals surface area contributed by atoms with Gasteiger partial charge in [-0.3, -0.25) is 4.79 Å². The summed E-state index contributed by atoms with van der Waals surface area (Å²) in [4.78, 5) is 23.5. The van der Waals surface area contributed by atoms with Gasteiger partial charge in [0.2, 0.25) is 5.95 Å². The molecule has 1 saturated carbocycles. The topological polar surface area (TPSA) is 124 Å². The van der Waals surface area contributed by atoms with E-state index in [1.807, 2.05) is 13.0 Å².